The molecule has 0 bridgehead atoms. The fourth-order valence-corrected chi connectivity index (χ4v) is 7.00. The van der Waals surface area contributed by atoms with Gasteiger partial charge in [-0.25, -0.2) is 14.5 Å². The lowest BCUT2D eigenvalue weighted by Crippen LogP contribution is -2.74. The van der Waals surface area contributed by atoms with Crippen LogP contribution in [0, 0.1) is 20.8 Å². The number of carboxylic acid groups (broad SMARTS) is 2. The zero-order valence-corrected chi connectivity index (χ0v) is 29.5. The number of para-hydroxylation sites is 1. The van der Waals surface area contributed by atoms with Crippen LogP contribution in [0.25, 0.3) is 0 Å². The Morgan fingerprint density at radius 3 is 2.04 bits per heavy atom. The Labute approximate surface area is 295 Å². The lowest BCUT2D eigenvalue weighted by atomic mass is 9.80. The number of hydrogen-bond acceptors (Lipinski definition) is 9. The molecule has 3 aromatic carbocycles. The normalized spacial score (nSPS) is 18.1. The molecule has 0 saturated carbocycles. The van der Waals surface area contributed by atoms with E-state index >= 15 is 9.59 Å². The first-order valence-corrected chi connectivity index (χ1v) is 16.0. The van der Waals surface area contributed by atoms with Crippen molar-refractivity contribution in [2.45, 2.75) is 77.7 Å². The monoisotopic (exact) mass is 698 g/mol. The van der Waals surface area contributed by atoms with E-state index in [2.05, 4.69) is 5.10 Å². The largest absolute Gasteiger partial charge is 0.481 e. The van der Waals surface area contributed by atoms with Gasteiger partial charge in [0.05, 0.1) is 24.2 Å². The Morgan fingerprint density at radius 1 is 0.941 bits per heavy atom. The van der Waals surface area contributed by atoms with Crippen LogP contribution in [0.3, 0.4) is 0 Å². The number of nitrogens with two attached hydrogens (primary N) is 2. The van der Waals surface area contributed by atoms with Crippen LogP contribution in [0.15, 0.2) is 71.8 Å². The molecule has 1 saturated heterocycles. The third-order valence-electron chi connectivity index (χ3n) is 9.80. The molecule has 0 aliphatic carbocycles. The lowest BCUT2D eigenvalue weighted by molar-refractivity contribution is -0.162. The number of amides is 4. The number of aliphatic carboxylic acids is 2. The summed E-state index contributed by atoms with van der Waals surface area (Å²) in [6.45, 7) is 11.4. The zero-order valence-electron chi connectivity index (χ0n) is 29.5. The smallest absolute Gasteiger partial charge is 0.360 e. The van der Waals surface area contributed by atoms with Crippen LogP contribution in [0.5, 0.6) is 0 Å². The highest BCUT2D eigenvalue weighted by atomic mass is 16.4. The molecule has 4 rings (SSSR count). The molecule has 0 radical (unpaired) electrons. The van der Waals surface area contributed by atoms with Gasteiger partial charge < -0.3 is 21.8 Å². The van der Waals surface area contributed by atoms with Crippen LogP contribution >= 0.6 is 0 Å². The van der Waals surface area contributed by atoms with Crippen LogP contribution in [0.4, 0.5) is 10.5 Å². The summed E-state index contributed by atoms with van der Waals surface area (Å²) < 4.78 is 0. The van der Waals surface area contributed by atoms with Crippen molar-refractivity contribution in [1.29, 1.82) is 0 Å². The number of aryl methyl sites for hydroxylation is 1. The number of urea groups is 1. The predicted molar refractivity (Wildman–Crippen MR) is 189 cm³/mol. The van der Waals surface area contributed by atoms with Gasteiger partial charge in [0.1, 0.15) is 5.54 Å². The summed E-state index contributed by atoms with van der Waals surface area (Å²) in [5.74, 6) is -1.95. The predicted octanol–water partition coefficient (Wildman–Crippen LogP) is 3.52. The van der Waals surface area contributed by atoms with E-state index in [9.17, 15) is 29.4 Å². The first kappa shape index (κ1) is 37.9. The fraction of sp³-hybridized carbons (Fsp3) is 0.324. The quantitative estimate of drug-likeness (QED) is 0.0709. The molecule has 14 heteroatoms. The van der Waals surface area contributed by atoms with Gasteiger partial charge in [-0.3, -0.25) is 29.0 Å². The maximum Gasteiger partial charge on any atom is 0.360 e. The summed E-state index contributed by atoms with van der Waals surface area (Å²) in [6.07, 6.45) is 0.425. The molecule has 0 unspecified atom stereocenters. The topological polar surface area (TPSA) is 217 Å². The second kappa shape index (κ2) is 13.8. The van der Waals surface area contributed by atoms with Gasteiger partial charge in [0, 0.05) is 5.69 Å². The summed E-state index contributed by atoms with van der Waals surface area (Å²) in [4.78, 5) is 86.1. The van der Waals surface area contributed by atoms with Crippen molar-refractivity contribution >= 4 is 47.5 Å². The number of benzene rings is 3. The van der Waals surface area contributed by atoms with Gasteiger partial charge in [0.15, 0.2) is 5.78 Å². The van der Waals surface area contributed by atoms with Crippen molar-refractivity contribution in [3.8, 4) is 0 Å². The third kappa shape index (κ3) is 6.01. The van der Waals surface area contributed by atoms with Crippen LogP contribution in [0.1, 0.15) is 67.5 Å². The number of rotatable bonds is 12. The van der Waals surface area contributed by atoms with E-state index in [4.69, 9.17) is 11.6 Å². The van der Waals surface area contributed by atoms with E-state index in [1.807, 2.05) is 32.9 Å². The summed E-state index contributed by atoms with van der Waals surface area (Å²) in [6, 6.07) is 13.9. The number of Topliss-reactive ketones (excluding diaryl/α,β-unsaturated/α-hetero) is 1. The molecule has 6 N–H and O–H groups in total. The standard InChI is InChI=1S/C37H42N6O8/c1-21-13-18-28(23(3)22(21)2)35(5,6)43-34(51)42(32(48)36(43,7)26-16-14-25(15-17-26)20-40-39)37(24(4)44,33(49)50)41(27-11-9-8-10-12-27)31(47)29(38)19-30(45)46/h8-18,20,29H,19,38-39H2,1-7H3,(H,45,46)(H,49,50)/t29-,36+,37-/m0/s1. The number of imide groups is 1. The summed E-state index contributed by atoms with van der Waals surface area (Å²) in [7, 11) is 0. The van der Waals surface area contributed by atoms with Gasteiger partial charge in [0.2, 0.25) is 5.91 Å². The molecular formula is C37H42N6O8. The summed E-state index contributed by atoms with van der Waals surface area (Å²) >= 11 is 0. The molecule has 4 amide bonds. The Morgan fingerprint density at radius 2 is 1.53 bits per heavy atom. The molecule has 51 heavy (non-hydrogen) atoms. The number of ketones is 1. The molecule has 1 aliphatic heterocycles. The maximum absolute atomic E-state index is 15.2. The average Bonchev–Trinajstić information content (AvgIpc) is 3.27. The average molecular weight is 699 g/mol. The molecule has 14 nitrogen and oxygen atoms in total. The first-order valence-electron chi connectivity index (χ1n) is 16.0. The highest BCUT2D eigenvalue weighted by Crippen LogP contribution is 2.49. The van der Waals surface area contributed by atoms with Crippen molar-refractivity contribution in [2.75, 3.05) is 4.90 Å². The van der Waals surface area contributed by atoms with Crippen molar-refractivity contribution < 1.29 is 39.0 Å². The summed E-state index contributed by atoms with van der Waals surface area (Å²) in [5.41, 5.74) is 3.25. The van der Waals surface area contributed by atoms with Crippen molar-refractivity contribution in [3.05, 3.63) is 100 Å². The molecule has 0 aromatic heterocycles. The van der Waals surface area contributed by atoms with Gasteiger partial charge in [0.25, 0.3) is 11.6 Å². The summed E-state index contributed by atoms with van der Waals surface area (Å²) in [5, 5.41) is 24.1. The number of nitrogens with zero attached hydrogens (tertiary/aromatic N) is 4. The molecule has 3 aromatic rings. The van der Waals surface area contributed by atoms with Gasteiger partial charge >= 0.3 is 18.0 Å². The van der Waals surface area contributed by atoms with Gasteiger partial charge in [-0.15, -0.1) is 0 Å². The van der Waals surface area contributed by atoms with Crippen LogP contribution < -0.4 is 16.5 Å². The number of carbonyl (C=O) groups is 6. The minimum atomic E-state index is -3.36. The van der Waals surface area contributed by atoms with Gasteiger partial charge in [-0.1, -0.05) is 54.6 Å². The maximum atomic E-state index is 15.2. The second-order valence-electron chi connectivity index (χ2n) is 13.2. The molecule has 3 atom stereocenters. The molecule has 1 heterocycles. The van der Waals surface area contributed by atoms with Crippen LogP contribution in [-0.4, -0.2) is 73.5 Å². The highest BCUT2D eigenvalue weighted by Gasteiger charge is 2.71. The zero-order chi connectivity index (χ0) is 38.2. The van der Waals surface area contributed by atoms with E-state index < -0.39 is 64.8 Å². The molecule has 0 spiro atoms. The molecular weight excluding hydrogens is 656 g/mol. The number of anilines is 1. The van der Waals surface area contributed by atoms with Crippen molar-refractivity contribution in [1.82, 2.24) is 9.80 Å². The number of carbonyl (C=O) groups excluding carboxylic acids is 4. The highest BCUT2D eigenvalue weighted by molar-refractivity contribution is 6.24. The Bertz CT molecular complexity index is 1930. The van der Waals surface area contributed by atoms with Gasteiger partial charge in [-0.2, -0.15) is 5.10 Å². The van der Waals surface area contributed by atoms with E-state index in [0.29, 0.717) is 20.9 Å². The van der Waals surface area contributed by atoms with Crippen molar-refractivity contribution in [3.63, 3.8) is 0 Å². The van der Waals surface area contributed by atoms with Crippen LogP contribution in [0.2, 0.25) is 0 Å². The fourth-order valence-electron chi connectivity index (χ4n) is 7.00. The third-order valence-corrected chi connectivity index (χ3v) is 9.80. The Balaban J connectivity index is 2.14. The van der Waals surface area contributed by atoms with E-state index in [1.54, 1.807) is 44.2 Å². The van der Waals surface area contributed by atoms with Crippen LogP contribution in [-0.2, 0) is 35.1 Å². The van der Waals surface area contributed by atoms with E-state index in [1.165, 1.54) is 42.3 Å². The SMILES string of the molecule is CC(=O)[C@@](C(=O)O)(N1C(=O)N(C(C)(C)c2ccc(C)c(C)c2C)[C@](C)(c2ccc(C=NN)cc2)C1=O)N(C(=O)[C@@H](N)CC(=O)O)c1ccccc1. The second-order valence-corrected chi connectivity index (χ2v) is 13.2. The number of carboxylic acids is 2. The molecule has 1 fully saturated rings. The molecule has 1 aliphatic rings. The Hall–Kier alpha value is -5.89. The van der Waals surface area contributed by atoms with E-state index in [0.717, 1.165) is 23.6 Å². The first-order chi connectivity index (χ1) is 23.8. The Kier molecular flexibility index (Phi) is 10.3. The number of hydrazone groups is 1. The minimum absolute atomic E-state index is 0.226. The number of hydrogen-bond donors (Lipinski definition) is 4. The van der Waals surface area contributed by atoms with Crippen molar-refractivity contribution in [2.24, 2.45) is 16.7 Å². The molecule has 268 valence electrons. The van der Waals surface area contributed by atoms with E-state index in [-0.39, 0.29) is 11.3 Å². The lowest BCUT2D eigenvalue weighted by Gasteiger charge is -2.45. The van der Waals surface area contributed by atoms with Gasteiger partial charge in [-0.05, 0) is 94.0 Å². The minimum Gasteiger partial charge on any atom is -0.481 e.